The fraction of sp³-hybridized carbons (Fsp3) is 0.562. The molecule has 0 aliphatic heterocycles. The van der Waals surface area contributed by atoms with Crippen molar-refractivity contribution in [2.75, 3.05) is 13.6 Å². The number of carbonyl (C=O) groups is 1. The lowest BCUT2D eigenvalue weighted by atomic mass is 9.83. The highest BCUT2D eigenvalue weighted by Crippen LogP contribution is 2.27. The second-order valence-corrected chi connectivity index (χ2v) is 5.66. The Hall–Kier alpha value is -1.42. The van der Waals surface area contributed by atoms with Crippen LogP contribution in [-0.4, -0.2) is 30.4 Å². The lowest BCUT2D eigenvalue weighted by Gasteiger charge is -2.37. The van der Waals surface area contributed by atoms with Gasteiger partial charge in [-0.3, -0.25) is 4.79 Å². The molecule has 2 N–H and O–H groups in total. The van der Waals surface area contributed by atoms with E-state index in [0.717, 1.165) is 24.8 Å². The summed E-state index contributed by atoms with van der Waals surface area (Å²) in [6.07, 6.45) is 4.72. The first kappa shape index (κ1) is 15.0. The zero-order valence-corrected chi connectivity index (χ0v) is 12.0. The molecule has 2 rings (SSSR count). The van der Waals surface area contributed by atoms with Gasteiger partial charge in [0.25, 0.3) is 0 Å². The topological polar surface area (TPSA) is 46.3 Å². The van der Waals surface area contributed by atoms with Crippen molar-refractivity contribution >= 4 is 5.91 Å². The fourth-order valence-electron chi connectivity index (χ4n) is 3.10. The van der Waals surface area contributed by atoms with E-state index >= 15 is 0 Å². The van der Waals surface area contributed by atoms with Crippen LogP contribution in [0, 0.1) is 11.7 Å². The Balaban J connectivity index is 2.00. The maximum Gasteiger partial charge on any atom is 0.226 e. The third kappa shape index (κ3) is 3.57. The van der Waals surface area contributed by atoms with Gasteiger partial charge in [-0.2, -0.15) is 0 Å². The summed E-state index contributed by atoms with van der Waals surface area (Å²) < 4.78 is 13.1. The van der Waals surface area contributed by atoms with Crippen molar-refractivity contribution in [1.29, 1.82) is 0 Å². The van der Waals surface area contributed by atoms with Gasteiger partial charge in [-0.1, -0.05) is 25.0 Å². The van der Waals surface area contributed by atoms with Crippen molar-refractivity contribution in [3.05, 3.63) is 35.6 Å². The number of rotatable bonds is 4. The summed E-state index contributed by atoms with van der Waals surface area (Å²) in [7, 11) is 1.85. The highest BCUT2D eigenvalue weighted by molar-refractivity contribution is 5.78. The monoisotopic (exact) mass is 278 g/mol. The summed E-state index contributed by atoms with van der Waals surface area (Å²) in [5.74, 6) is 0.140. The zero-order chi connectivity index (χ0) is 14.5. The Kier molecular flexibility index (Phi) is 5.12. The van der Waals surface area contributed by atoms with Crippen LogP contribution in [0.3, 0.4) is 0 Å². The van der Waals surface area contributed by atoms with Gasteiger partial charge in [0.15, 0.2) is 0 Å². The molecule has 1 aromatic carbocycles. The minimum Gasteiger partial charge on any atom is -0.342 e. The lowest BCUT2D eigenvalue weighted by Crippen LogP contribution is -2.46. The second kappa shape index (κ2) is 6.84. The molecule has 4 heteroatoms. The molecule has 0 heterocycles. The summed E-state index contributed by atoms with van der Waals surface area (Å²) >= 11 is 0. The molecule has 1 fully saturated rings. The predicted molar refractivity (Wildman–Crippen MR) is 77.7 cm³/mol. The first-order valence-corrected chi connectivity index (χ1v) is 7.32. The molecule has 0 saturated heterocycles. The van der Waals surface area contributed by atoms with Crippen LogP contribution in [0.15, 0.2) is 24.3 Å². The van der Waals surface area contributed by atoms with E-state index in [1.54, 1.807) is 12.1 Å². The van der Waals surface area contributed by atoms with Crippen molar-refractivity contribution in [2.24, 2.45) is 11.7 Å². The Morgan fingerprint density at radius 2 is 2.15 bits per heavy atom. The van der Waals surface area contributed by atoms with Crippen molar-refractivity contribution in [3.8, 4) is 0 Å². The summed E-state index contributed by atoms with van der Waals surface area (Å²) in [6, 6.07) is 6.48. The van der Waals surface area contributed by atoms with Crippen LogP contribution < -0.4 is 5.73 Å². The number of hydrogen-bond donors (Lipinski definition) is 1. The van der Waals surface area contributed by atoms with Crippen molar-refractivity contribution < 1.29 is 9.18 Å². The Morgan fingerprint density at radius 1 is 1.40 bits per heavy atom. The normalized spacial score (nSPS) is 22.6. The maximum absolute atomic E-state index is 13.1. The number of amides is 1. The van der Waals surface area contributed by atoms with Crippen LogP contribution in [0.25, 0.3) is 0 Å². The molecule has 1 saturated carbocycles. The third-order valence-corrected chi connectivity index (χ3v) is 4.31. The lowest BCUT2D eigenvalue weighted by molar-refractivity contribution is -0.132. The molecule has 0 radical (unpaired) electrons. The highest BCUT2D eigenvalue weighted by atomic mass is 19.1. The Bertz CT molecular complexity index is 464. The number of benzene rings is 1. The van der Waals surface area contributed by atoms with Gasteiger partial charge in [-0.25, -0.2) is 4.39 Å². The number of likely N-dealkylation sites (N-methyl/N-ethyl adjacent to an activating group) is 1. The predicted octanol–water partition coefficient (Wildman–Crippen LogP) is 2.34. The average Bonchev–Trinajstić information content (AvgIpc) is 2.46. The van der Waals surface area contributed by atoms with E-state index < -0.39 is 0 Å². The van der Waals surface area contributed by atoms with Crippen molar-refractivity contribution in [1.82, 2.24) is 4.90 Å². The van der Waals surface area contributed by atoms with E-state index in [0.29, 0.717) is 12.5 Å². The van der Waals surface area contributed by atoms with Gasteiger partial charge in [0.05, 0.1) is 6.42 Å². The molecule has 20 heavy (non-hydrogen) atoms. The van der Waals surface area contributed by atoms with E-state index in [2.05, 4.69) is 0 Å². The van der Waals surface area contributed by atoms with E-state index in [-0.39, 0.29) is 24.2 Å². The Morgan fingerprint density at radius 3 is 2.85 bits per heavy atom. The van der Waals surface area contributed by atoms with Crippen LogP contribution in [0.5, 0.6) is 0 Å². The number of halogens is 1. The molecule has 110 valence electrons. The largest absolute Gasteiger partial charge is 0.342 e. The zero-order valence-electron chi connectivity index (χ0n) is 12.0. The summed E-state index contributed by atoms with van der Waals surface area (Å²) in [4.78, 5) is 14.2. The van der Waals surface area contributed by atoms with Gasteiger partial charge in [-0.05, 0) is 43.0 Å². The third-order valence-electron chi connectivity index (χ3n) is 4.31. The van der Waals surface area contributed by atoms with E-state index in [4.69, 9.17) is 5.73 Å². The molecule has 1 aromatic rings. The van der Waals surface area contributed by atoms with Gasteiger partial charge in [-0.15, -0.1) is 0 Å². The fourth-order valence-corrected chi connectivity index (χ4v) is 3.10. The van der Waals surface area contributed by atoms with Crippen LogP contribution in [0.1, 0.15) is 31.2 Å². The van der Waals surface area contributed by atoms with Gasteiger partial charge in [0, 0.05) is 13.1 Å². The van der Waals surface area contributed by atoms with Crippen LogP contribution in [-0.2, 0) is 11.2 Å². The number of nitrogens with two attached hydrogens (primary N) is 1. The van der Waals surface area contributed by atoms with Crippen molar-refractivity contribution in [2.45, 2.75) is 38.1 Å². The molecule has 0 bridgehead atoms. The Labute approximate surface area is 120 Å². The van der Waals surface area contributed by atoms with E-state index in [9.17, 15) is 9.18 Å². The number of carbonyl (C=O) groups excluding carboxylic acids is 1. The number of hydrogen-bond acceptors (Lipinski definition) is 2. The molecule has 1 aliphatic rings. The van der Waals surface area contributed by atoms with Gasteiger partial charge in [0.1, 0.15) is 5.82 Å². The molecule has 2 unspecified atom stereocenters. The molecule has 0 spiro atoms. The van der Waals surface area contributed by atoms with Gasteiger partial charge >= 0.3 is 0 Å². The van der Waals surface area contributed by atoms with E-state index in [1.807, 2.05) is 11.9 Å². The smallest absolute Gasteiger partial charge is 0.226 e. The quantitative estimate of drug-likeness (QED) is 0.919. The molecule has 0 aromatic heterocycles. The van der Waals surface area contributed by atoms with Crippen molar-refractivity contribution in [3.63, 3.8) is 0 Å². The van der Waals surface area contributed by atoms with Crippen LogP contribution in [0.4, 0.5) is 4.39 Å². The molecular formula is C16H23FN2O. The van der Waals surface area contributed by atoms with Crippen LogP contribution in [0.2, 0.25) is 0 Å². The first-order valence-electron chi connectivity index (χ1n) is 7.32. The van der Waals surface area contributed by atoms with E-state index in [1.165, 1.54) is 18.6 Å². The van der Waals surface area contributed by atoms with Gasteiger partial charge < -0.3 is 10.6 Å². The average molecular weight is 278 g/mol. The minimum atomic E-state index is -0.296. The first-order chi connectivity index (χ1) is 9.61. The molecule has 1 amide bonds. The molecule has 1 aliphatic carbocycles. The van der Waals surface area contributed by atoms with Gasteiger partial charge in [0.2, 0.25) is 5.91 Å². The summed E-state index contributed by atoms with van der Waals surface area (Å²) in [5, 5.41) is 0. The molecule has 3 nitrogen and oxygen atoms in total. The SMILES string of the molecule is CN(C(=O)Cc1cccc(F)c1)C1CCCCC1CN. The summed E-state index contributed by atoms with van der Waals surface area (Å²) in [6.45, 7) is 0.627. The highest BCUT2D eigenvalue weighted by Gasteiger charge is 2.29. The molecule has 2 atom stereocenters. The maximum atomic E-state index is 13.1. The second-order valence-electron chi connectivity index (χ2n) is 5.66. The minimum absolute atomic E-state index is 0.0425. The summed E-state index contributed by atoms with van der Waals surface area (Å²) in [5.41, 5.74) is 6.54. The molecular weight excluding hydrogens is 255 g/mol. The number of nitrogens with zero attached hydrogens (tertiary/aromatic N) is 1. The van der Waals surface area contributed by atoms with Crippen LogP contribution >= 0.6 is 0 Å². The standard InChI is InChI=1S/C16H23FN2O/c1-19(15-8-3-2-6-13(15)11-18)16(20)10-12-5-4-7-14(17)9-12/h4-5,7,9,13,15H,2-3,6,8,10-11,18H2,1H3.